The Morgan fingerprint density at radius 3 is 2.67 bits per heavy atom. The quantitative estimate of drug-likeness (QED) is 0.788. The summed E-state index contributed by atoms with van der Waals surface area (Å²) in [5.41, 5.74) is 1.96. The highest BCUT2D eigenvalue weighted by Gasteiger charge is 2.08. The van der Waals surface area contributed by atoms with Gasteiger partial charge in [-0.05, 0) is 65.3 Å². The maximum atomic E-state index is 13.2. The van der Waals surface area contributed by atoms with E-state index in [1.54, 1.807) is 12.1 Å². The van der Waals surface area contributed by atoms with Crippen molar-refractivity contribution in [2.75, 3.05) is 7.05 Å². The van der Waals surface area contributed by atoms with Crippen LogP contribution in [0.5, 0.6) is 5.75 Å². The van der Waals surface area contributed by atoms with Crippen molar-refractivity contribution in [3.05, 3.63) is 62.8 Å². The van der Waals surface area contributed by atoms with Crippen molar-refractivity contribution >= 4 is 27.5 Å². The van der Waals surface area contributed by atoms with E-state index in [4.69, 9.17) is 16.3 Å². The first-order valence-corrected chi connectivity index (χ1v) is 7.72. The van der Waals surface area contributed by atoms with Gasteiger partial charge in [0.25, 0.3) is 0 Å². The van der Waals surface area contributed by atoms with Gasteiger partial charge in [-0.1, -0.05) is 23.7 Å². The lowest BCUT2D eigenvalue weighted by molar-refractivity contribution is 0.306. The molecule has 0 fully saturated rings. The van der Waals surface area contributed by atoms with Gasteiger partial charge in [0.2, 0.25) is 0 Å². The fourth-order valence-corrected chi connectivity index (χ4v) is 2.53. The number of halogens is 3. The number of rotatable bonds is 5. The van der Waals surface area contributed by atoms with Gasteiger partial charge in [-0.25, -0.2) is 4.39 Å². The lowest BCUT2D eigenvalue weighted by Gasteiger charge is -2.13. The molecule has 0 amide bonds. The second-order valence-corrected chi connectivity index (χ2v) is 6.00. The van der Waals surface area contributed by atoms with E-state index in [2.05, 4.69) is 28.2 Å². The Bertz CT molecular complexity index is 636. The molecule has 0 spiro atoms. The average molecular weight is 373 g/mol. The molecular formula is C16H16BrClFNO. The number of hydrogen-bond acceptors (Lipinski definition) is 2. The fraction of sp³-hybridized carbons (Fsp3) is 0.250. The summed E-state index contributed by atoms with van der Waals surface area (Å²) in [5.74, 6) is 0.325. The minimum absolute atomic E-state index is 0.226. The van der Waals surface area contributed by atoms with Crippen LogP contribution in [0.15, 0.2) is 40.9 Å². The van der Waals surface area contributed by atoms with Crippen molar-refractivity contribution < 1.29 is 9.13 Å². The van der Waals surface area contributed by atoms with Crippen LogP contribution in [0.4, 0.5) is 4.39 Å². The largest absolute Gasteiger partial charge is 0.487 e. The first kappa shape index (κ1) is 16.3. The van der Waals surface area contributed by atoms with Crippen LogP contribution >= 0.6 is 27.5 Å². The summed E-state index contributed by atoms with van der Waals surface area (Å²) in [6, 6.07) is 10.7. The average Bonchev–Trinajstić information content (AvgIpc) is 2.48. The number of benzene rings is 2. The third-order valence-corrected chi connectivity index (χ3v) is 4.17. The van der Waals surface area contributed by atoms with E-state index < -0.39 is 0 Å². The van der Waals surface area contributed by atoms with Gasteiger partial charge in [-0.2, -0.15) is 0 Å². The Labute approximate surface area is 137 Å². The monoisotopic (exact) mass is 371 g/mol. The lowest BCUT2D eigenvalue weighted by atomic mass is 10.1. The van der Waals surface area contributed by atoms with E-state index >= 15 is 0 Å². The summed E-state index contributed by atoms with van der Waals surface area (Å²) in [4.78, 5) is 0. The number of nitrogens with one attached hydrogen (secondary N) is 1. The van der Waals surface area contributed by atoms with Crippen molar-refractivity contribution in [2.45, 2.75) is 19.6 Å². The summed E-state index contributed by atoms with van der Waals surface area (Å²) in [6.45, 7) is 2.39. The van der Waals surface area contributed by atoms with E-state index in [1.807, 2.05) is 25.2 Å². The fourth-order valence-electron chi connectivity index (χ4n) is 1.86. The van der Waals surface area contributed by atoms with Crippen LogP contribution in [0.1, 0.15) is 24.1 Å². The van der Waals surface area contributed by atoms with E-state index in [9.17, 15) is 4.39 Å². The molecule has 112 valence electrons. The molecule has 2 aromatic rings. The van der Waals surface area contributed by atoms with Crippen LogP contribution in [0, 0.1) is 5.82 Å². The minimum atomic E-state index is -0.290. The van der Waals surface area contributed by atoms with E-state index in [0.29, 0.717) is 21.9 Å². The van der Waals surface area contributed by atoms with Crippen molar-refractivity contribution in [3.8, 4) is 5.75 Å². The normalized spacial score (nSPS) is 12.2. The Morgan fingerprint density at radius 2 is 2.05 bits per heavy atom. The highest BCUT2D eigenvalue weighted by atomic mass is 79.9. The summed E-state index contributed by atoms with van der Waals surface area (Å²) >= 11 is 9.39. The zero-order valence-electron chi connectivity index (χ0n) is 11.8. The maximum Gasteiger partial charge on any atom is 0.138 e. The Kier molecular flexibility index (Phi) is 5.62. The molecule has 0 heterocycles. The molecule has 1 atom stereocenters. The molecule has 2 rings (SSSR count). The summed E-state index contributed by atoms with van der Waals surface area (Å²) in [7, 11) is 1.90. The van der Waals surface area contributed by atoms with Gasteiger partial charge < -0.3 is 10.1 Å². The number of hydrogen-bond donors (Lipinski definition) is 1. The molecule has 2 aromatic carbocycles. The van der Waals surface area contributed by atoms with E-state index in [0.717, 1.165) is 11.1 Å². The minimum Gasteiger partial charge on any atom is -0.487 e. The molecule has 1 unspecified atom stereocenters. The predicted octanol–water partition coefficient (Wildman–Crippen LogP) is 5.10. The summed E-state index contributed by atoms with van der Waals surface area (Å²) in [6.07, 6.45) is 0. The zero-order valence-corrected chi connectivity index (χ0v) is 14.1. The molecule has 0 saturated heterocycles. The van der Waals surface area contributed by atoms with Gasteiger partial charge in [0.1, 0.15) is 18.2 Å². The predicted molar refractivity (Wildman–Crippen MR) is 87.4 cm³/mol. The summed E-state index contributed by atoms with van der Waals surface area (Å²) in [5, 5.41) is 3.72. The SMILES string of the molecule is CNC(C)c1ccc(OCc2ccc(F)c(Br)c2)c(Cl)c1. The molecule has 2 nitrogen and oxygen atoms in total. The molecule has 0 aliphatic heterocycles. The number of ether oxygens (including phenoxy) is 1. The highest BCUT2D eigenvalue weighted by molar-refractivity contribution is 9.10. The van der Waals surface area contributed by atoms with Crippen LogP contribution in [0.3, 0.4) is 0 Å². The molecule has 0 aromatic heterocycles. The van der Waals surface area contributed by atoms with Gasteiger partial charge in [0.05, 0.1) is 9.50 Å². The molecule has 21 heavy (non-hydrogen) atoms. The van der Waals surface area contributed by atoms with Crippen molar-refractivity contribution in [1.29, 1.82) is 0 Å². The maximum absolute atomic E-state index is 13.2. The van der Waals surface area contributed by atoms with Crippen molar-refractivity contribution in [1.82, 2.24) is 5.32 Å². The highest BCUT2D eigenvalue weighted by Crippen LogP contribution is 2.28. The van der Waals surface area contributed by atoms with Crippen LogP contribution in [0.25, 0.3) is 0 Å². The Hall–Kier alpha value is -1.10. The molecule has 0 saturated carbocycles. The smallest absolute Gasteiger partial charge is 0.138 e. The third kappa shape index (κ3) is 4.19. The van der Waals surface area contributed by atoms with Crippen LogP contribution in [-0.2, 0) is 6.61 Å². The van der Waals surface area contributed by atoms with E-state index in [-0.39, 0.29) is 11.9 Å². The van der Waals surface area contributed by atoms with Crippen LogP contribution in [0.2, 0.25) is 5.02 Å². The first-order chi connectivity index (χ1) is 10.0. The van der Waals surface area contributed by atoms with Gasteiger partial charge in [0.15, 0.2) is 0 Å². The first-order valence-electron chi connectivity index (χ1n) is 6.54. The van der Waals surface area contributed by atoms with Crippen molar-refractivity contribution in [2.24, 2.45) is 0 Å². The standard InChI is InChI=1S/C16H16BrClFNO/c1-10(20-2)12-4-6-16(14(18)8-12)21-9-11-3-5-15(19)13(17)7-11/h3-8,10,20H,9H2,1-2H3. The van der Waals surface area contributed by atoms with Crippen molar-refractivity contribution in [3.63, 3.8) is 0 Å². The molecule has 1 N–H and O–H groups in total. The zero-order chi connectivity index (χ0) is 15.4. The Morgan fingerprint density at radius 1 is 1.29 bits per heavy atom. The molecule has 0 aliphatic carbocycles. The third-order valence-electron chi connectivity index (χ3n) is 3.27. The lowest BCUT2D eigenvalue weighted by Crippen LogP contribution is -2.12. The van der Waals surface area contributed by atoms with Gasteiger partial charge in [0, 0.05) is 6.04 Å². The molecule has 0 aliphatic rings. The van der Waals surface area contributed by atoms with Crippen LogP contribution < -0.4 is 10.1 Å². The van der Waals surface area contributed by atoms with Gasteiger partial charge in [-0.3, -0.25) is 0 Å². The summed E-state index contributed by atoms with van der Waals surface area (Å²) < 4.78 is 19.3. The molecule has 0 radical (unpaired) electrons. The molecular weight excluding hydrogens is 357 g/mol. The second-order valence-electron chi connectivity index (χ2n) is 4.74. The molecule has 5 heteroatoms. The topological polar surface area (TPSA) is 21.3 Å². The van der Waals surface area contributed by atoms with E-state index in [1.165, 1.54) is 6.07 Å². The van der Waals surface area contributed by atoms with Gasteiger partial charge >= 0.3 is 0 Å². The van der Waals surface area contributed by atoms with Gasteiger partial charge in [-0.15, -0.1) is 0 Å². The second kappa shape index (κ2) is 7.25. The van der Waals surface area contributed by atoms with Crippen LogP contribution in [-0.4, -0.2) is 7.05 Å². The Balaban J connectivity index is 2.07. The molecule has 0 bridgehead atoms.